The second-order valence-corrected chi connectivity index (χ2v) is 6.33. The third-order valence-corrected chi connectivity index (χ3v) is 4.54. The average molecular weight is 289 g/mol. The molecule has 0 aliphatic heterocycles. The maximum atomic E-state index is 12.3. The Balaban J connectivity index is 1.71. The topological polar surface area (TPSA) is 64.0 Å². The van der Waals surface area contributed by atoms with Crippen molar-refractivity contribution in [2.45, 2.75) is 69.9 Å². The fraction of sp³-hybridized carbons (Fsp3) is 0.688. The van der Waals surface area contributed by atoms with E-state index in [4.69, 9.17) is 0 Å². The molecule has 0 bridgehead atoms. The summed E-state index contributed by atoms with van der Waals surface area (Å²) in [6.45, 7) is 1.75. The Morgan fingerprint density at radius 3 is 2.62 bits per heavy atom. The Bertz CT molecular complexity index is 571. The molecule has 0 spiro atoms. The standard InChI is InChI=1S/C16H23N3O2/c1-11(16(21)17-13-5-3-2-4-6-13)19-15(20)10-9-14(18-19)12-7-8-12/h9-13H,2-8H2,1H3,(H,17,21)/t11-/m1/s1. The maximum Gasteiger partial charge on any atom is 0.267 e. The normalized spacial score (nSPS) is 21.0. The Labute approximate surface area is 124 Å². The number of hydrogen-bond donors (Lipinski definition) is 1. The highest BCUT2D eigenvalue weighted by molar-refractivity contribution is 5.80. The predicted molar refractivity (Wildman–Crippen MR) is 80.2 cm³/mol. The van der Waals surface area contributed by atoms with Crippen molar-refractivity contribution in [3.05, 3.63) is 28.2 Å². The second-order valence-electron chi connectivity index (χ2n) is 6.33. The van der Waals surface area contributed by atoms with Crippen LogP contribution < -0.4 is 10.9 Å². The number of hydrogen-bond acceptors (Lipinski definition) is 3. The second kappa shape index (κ2) is 6.00. The molecule has 2 fully saturated rings. The summed E-state index contributed by atoms with van der Waals surface area (Å²) in [6, 6.07) is 3.04. The lowest BCUT2D eigenvalue weighted by Gasteiger charge is -2.24. The molecule has 2 aliphatic carbocycles. The molecule has 1 aromatic rings. The zero-order chi connectivity index (χ0) is 14.8. The maximum absolute atomic E-state index is 12.3. The fourth-order valence-electron chi connectivity index (χ4n) is 2.99. The molecular weight excluding hydrogens is 266 g/mol. The van der Waals surface area contributed by atoms with Gasteiger partial charge in [0.2, 0.25) is 5.91 Å². The van der Waals surface area contributed by atoms with E-state index in [0.29, 0.717) is 5.92 Å². The van der Waals surface area contributed by atoms with E-state index in [0.717, 1.165) is 31.4 Å². The first-order valence-corrected chi connectivity index (χ1v) is 8.05. The van der Waals surface area contributed by atoms with Crippen molar-refractivity contribution in [2.75, 3.05) is 0 Å². The molecule has 2 saturated carbocycles. The van der Waals surface area contributed by atoms with Gasteiger partial charge < -0.3 is 5.32 Å². The molecule has 114 valence electrons. The zero-order valence-corrected chi connectivity index (χ0v) is 12.5. The summed E-state index contributed by atoms with van der Waals surface area (Å²) in [5, 5.41) is 7.46. The van der Waals surface area contributed by atoms with E-state index in [1.54, 1.807) is 13.0 Å². The van der Waals surface area contributed by atoms with Gasteiger partial charge in [-0.1, -0.05) is 19.3 Å². The zero-order valence-electron chi connectivity index (χ0n) is 12.5. The lowest BCUT2D eigenvalue weighted by Crippen LogP contribution is -2.42. The van der Waals surface area contributed by atoms with Gasteiger partial charge in [0.1, 0.15) is 6.04 Å². The van der Waals surface area contributed by atoms with Gasteiger partial charge in [0, 0.05) is 18.0 Å². The molecule has 21 heavy (non-hydrogen) atoms. The summed E-state index contributed by atoms with van der Waals surface area (Å²) in [5.41, 5.74) is 0.734. The highest BCUT2D eigenvalue weighted by Crippen LogP contribution is 2.38. The minimum Gasteiger partial charge on any atom is -0.352 e. The van der Waals surface area contributed by atoms with Crippen LogP contribution in [0.15, 0.2) is 16.9 Å². The van der Waals surface area contributed by atoms with Crippen molar-refractivity contribution in [3.8, 4) is 0 Å². The third kappa shape index (κ3) is 3.34. The molecule has 3 rings (SSSR count). The summed E-state index contributed by atoms with van der Waals surface area (Å²) in [6.07, 6.45) is 7.96. The quantitative estimate of drug-likeness (QED) is 0.923. The summed E-state index contributed by atoms with van der Waals surface area (Å²) >= 11 is 0. The van der Waals surface area contributed by atoms with Crippen molar-refractivity contribution in [2.24, 2.45) is 0 Å². The number of carbonyl (C=O) groups is 1. The van der Waals surface area contributed by atoms with Gasteiger partial charge in [0.05, 0.1) is 5.69 Å². The summed E-state index contributed by atoms with van der Waals surface area (Å²) < 4.78 is 1.34. The molecule has 2 aliphatic rings. The monoisotopic (exact) mass is 289 g/mol. The van der Waals surface area contributed by atoms with E-state index in [2.05, 4.69) is 10.4 Å². The molecular formula is C16H23N3O2. The van der Waals surface area contributed by atoms with Gasteiger partial charge >= 0.3 is 0 Å². The lowest BCUT2D eigenvalue weighted by molar-refractivity contribution is -0.125. The largest absolute Gasteiger partial charge is 0.352 e. The van der Waals surface area contributed by atoms with Crippen LogP contribution in [-0.2, 0) is 4.79 Å². The Morgan fingerprint density at radius 2 is 1.95 bits per heavy atom. The predicted octanol–water partition coefficient (Wildman–Crippen LogP) is 2.13. The number of nitrogens with zero attached hydrogens (tertiary/aromatic N) is 2. The fourth-order valence-corrected chi connectivity index (χ4v) is 2.99. The van der Waals surface area contributed by atoms with Gasteiger partial charge in [-0.05, 0) is 38.7 Å². The van der Waals surface area contributed by atoms with Crippen molar-refractivity contribution < 1.29 is 4.79 Å². The first-order chi connectivity index (χ1) is 10.1. The summed E-state index contributed by atoms with van der Waals surface area (Å²) in [4.78, 5) is 24.3. The van der Waals surface area contributed by atoms with Crippen LogP contribution in [0.4, 0.5) is 0 Å². The van der Waals surface area contributed by atoms with Gasteiger partial charge in [0.25, 0.3) is 5.56 Å². The van der Waals surface area contributed by atoms with E-state index in [-0.39, 0.29) is 17.5 Å². The Hall–Kier alpha value is -1.65. The van der Waals surface area contributed by atoms with Crippen LogP contribution in [0.3, 0.4) is 0 Å². The van der Waals surface area contributed by atoms with E-state index in [9.17, 15) is 9.59 Å². The van der Waals surface area contributed by atoms with Crippen molar-refractivity contribution in [1.29, 1.82) is 0 Å². The SMILES string of the molecule is C[C@H](C(=O)NC1CCCCC1)n1nc(C2CC2)ccc1=O. The van der Waals surface area contributed by atoms with Crippen molar-refractivity contribution in [1.82, 2.24) is 15.1 Å². The number of amides is 1. The molecule has 0 saturated heterocycles. The molecule has 1 atom stereocenters. The Morgan fingerprint density at radius 1 is 1.24 bits per heavy atom. The minimum absolute atomic E-state index is 0.0931. The summed E-state index contributed by atoms with van der Waals surface area (Å²) in [5.74, 6) is 0.384. The third-order valence-electron chi connectivity index (χ3n) is 4.54. The van der Waals surface area contributed by atoms with Gasteiger partial charge in [-0.25, -0.2) is 4.68 Å². The van der Waals surface area contributed by atoms with Crippen molar-refractivity contribution in [3.63, 3.8) is 0 Å². The minimum atomic E-state index is -0.543. The Kier molecular flexibility index (Phi) is 4.08. The van der Waals surface area contributed by atoms with Crippen LogP contribution in [0.5, 0.6) is 0 Å². The number of rotatable bonds is 4. The van der Waals surface area contributed by atoms with Crippen molar-refractivity contribution >= 4 is 5.91 Å². The van der Waals surface area contributed by atoms with Gasteiger partial charge in [-0.3, -0.25) is 9.59 Å². The van der Waals surface area contributed by atoms with Crippen LogP contribution >= 0.6 is 0 Å². The molecule has 5 heteroatoms. The number of nitrogens with one attached hydrogen (secondary N) is 1. The van der Waals surface area contributed by atoms with E-state index >= 15 is 0 Å². The lowest BCUT2D eigenvalue weighted by atomic mass is 9.95. The van der Waals surface area contributed by atoms with E-state index in [1.165, 1.54) is 30.0 Å². The van der Waals surface area contributed by atoms with Gasteiger partial charge in [0.15, 0.2) is 0 Å². The number of aromatic nitrogens is 2. The molecule has 1 N–H and O–H groups in total. The first-order valence-electron chi connectivity index (χ1n) is 8.05. The van der Waals surface area contributed by atoms with Crippen LogP contribution in [-0.4, -0.2) is 21.7 Å². The highest BCUT2D eigenvalue weighted by Gasteiger charge is 2.27. The molecule has 5 nitrogen and oxygen atoms in total. The average Bonchev–Trinajstić information content (AvgIpc) is 3.33. The molecule has 0 radical (unpaired) electrons. The van der Waals surface area contributed by atoms with E-state index < -0.39 is 6.04 Å². The van der Waals surface area contributed by atoms with Crippen LogP contribution in [0, 0.1) is 0 Å². The molecule has 0 unspecified atom stereocenters. The summed E-state index contributed by atoms with van der Waals surface area (Å²) in [7, 11) is 0. The van der Waals surface area contributed by atoms with Crippen LogP contribution in [0.25, 0.3) is 0 Å². The van der Waals surface area contributed by atoms with Crippen LogP contribution in [0.2, 0.25) is 0 Å². The molecule has 1 aromatic heterocycles. The molecule has 0 aromatic carbocycles. The highest BCUT2D eigenvalue weighted by atomic mass is 16.2. The van der Waals surface area contributed by atoms with Crippen LogP contribution in [0.1, 0.15) is 69.5 Å². The van der Waals surface area contributed by atoms with Gasteiger partial charge in [-0.2, -0.15) is 5.10 Å². The molecule has 1 heterocycles. The number of carbonyl (C=O) groups excluding carboxylic acids is 1. The molecule has 1 amide bonds. The smallest absolute Gasteiger partial charge is 0.267 e. The first kappa shape index (κ1) is 14.3. The van der Waals surface area contributed by atoms with Gasteiger partial charge in [-0.15, -0.1) is 0 Å². The van der Waals surface area contributed by atoms with E-state index in [1.807, 2.05) is 0 Å².